The first-order chi connectivity index (χ1) is 8.09. The lowest BCUT2D eigenvalue weighted by Gasteiger charge is -2.23. The van der Waals surface area contributed by atoms with Crippen molar-refractivity contribution in [1.29, 1.82) is 0 Å². The molecule has 17 heavy (non-hydrogen) atoms. The van der Waals surface area contributed by atoms with Gasteiger partial charge in [-0.05, 0) is 12.3 Å². The summed E-state index contributed by atoms with van der Waals surface area (Å²) >= 11 is 0. The molecule has 96 valence electrons. The highest BCUT2D eigenvalue weighted by Crippen LogP contribution is 2.27. The molecule has 2 saturated heterocycles. The molecule has 2 aliphatic rings. The number of nitrogens with zero attached hydrogens (tertiary/aromatic N) is 2. The Morgan fingerprint density at radius 3 is 2.76 bits per heavy atom. The quantitative estimate of drug-likeness (QED) is 0.734. The molecule has 0 aromatic rings. The fourth-order valence-electron chi connectivity index (χ4n) is 2.74. The van der Waals surface area contributed by atoms with E-state index in [-0.39, 0.29) is 11.8 Å². The maximum absolute atomic E-state index is 12.0. The molecule has 0 aromatic heterocycles. The molecule has 2 heterocycles. The molecule has 2 amide bonds. The Morgan fingerprint density at radius 1 is 1.29 bits per heavy atom. The third-order valence-electron chi connectivity index (χ3n) is 3.82. The summed E-state index contributed by atoms with van der Waals surface area (Å²) in [7, 11) is 3.44. The average molecular weight is 239 g/mol. The number of hydrogen-bond acceptors (Lipinski definition) is 3. The van der Waals surface area contributed by atoms with Crippen molar-refractivity contribution < 1.29 is 9.59 Å². The lowest BCUT2D eigenvalue weighted by atomic mass is 10.1. The van der Waals surface area contributed by atoms with Gasteiger partial charge < -0.3 is 15.1 Å². The van der Waals surface area contributed by atoms with Gasteiger partial charge in [0.1, 0.15) is 0 Å². The number of carbonyl (C=O) groups is 2. The van der Waals surface area contributed by atoms with E-state index >= 15 is 0 Å². The number of likely N-dealkylation sites (tertiary alicyclic amines) is 1. The fourth-order valence-corrected chi connectivity index (χ4v) is 2.74. The summed E-state index contributed by atoms with van der Waals surface area (Å²) < 4.78 is 0. The smallest absolute Gasteiger partial charge is 0.223 e. The lowest BCUT2D eigenvalue weighted by Crippen LogP contribution is -2.39. The summed E-state index contributed by atoms with van der Waals surface area (Å²) in [5.74, 6) is 0.790. The van der Waals surface area contributed by atoms with Crippen LogP contribution in [0.3, 0.4) is 0 Å². The zero-order valence-electron chi connectivity index (χ0n) is 10.6. The normalized spacial score (nSPS) is 27.1. The standard InChI is InChI=1S/C12H21N3O2/c1-14(2)11(16)3-4-12(17)15-6-5-9-7-13-8-10(9)15/h9-10,13H,3-8H2,1-2H3/t9-,10+/m0/s1. The van der Waals surface area contributed by atoms with Gasteiger partial charge in [-0.2, -0.15) is 0 Å². The van der Waals surface area contributed by atoms with Crippen molar-refractivity contribution in [2.75, 3.05) is 33.7 Å². The zero-order chi connectivity index (χ0) is 12.4. The molecule has 0 aliphatic carbocycles. The minimum absolute atomic E-state index is 0.0265. The first-order valence-corrected chi connectivity index (χ1v) is 6.30. The van der Waals surface area contributed by atoms with Crippen molar-refractivity contribution in [3.05, 3.63) is 0 Å². The van der Waals surface area contributed by atoms with Crippen LogP contribution in [0.5, 0.6) is 0 Å². The maximum atomic E-state index is 12.0. The lowest BCUT2D eigenvalue weighted by molar-refractivity contribution is -0.136. The minimum Gasteiger partial charge on any atom is -0.349 e. The number of amides is 2. The van der Waals surface area contributed by atoms with Crippen LogP contribution in [0.15, 0.2) is 0 Å². The molecular weight excluding hydrogens is 218 g/mol. The van der Waals surface area contributed by atoms with Crippen LogP contribution in [0.1, 0.15) is 19.3 Å². The molecule has 2 aliphatic heterocycles. The predicted octanol–water partition coefficient (Wildman–Crippen LogP) is -0.325. The van der Waals surface area contributed by atoms with E-state index in [4.69, 9.17) is 0 Å². The van der Waals surface area contributed by atoms with Gasteiger partial charge in [-0.3, -0.25) is 9.59 Å². The molecular formula is C12H21N3O2. The van der Waals surface area contributed by atoms with E-state index < -0.39 is 0 Å². The number of nitrogens with one attached hydrogen (secondary N) is 1. The second kappa shape index (κ2) is 5.04. The molecule has 0 bridgehead atoms. The Labute approximate surface area is 102 Å². The largest absolute Gasteiger partial charge is 0.349 e. The van der Waals surface area contributed by atoms with Crippen molar-refractivity contribution in [2.24, 2.45) is 5.92 Å². The number of rotatable bonds is 3. The molecule has 0 saturated carbocycles. The van der Waals surface area contributed by atoms with Crippen LogP contribution in [-0.2, 0) is 9.59 Å². The highest BCUT2D eigenvalue weighted by Gasteiger charge is 2.39. The topological polar surface area (TPSA) is 52.7 Å². The molecule has 5 nitrogen and oxygen atoms in total. The Kier molecular flexibility index (Phi) is 3.66. The minimum atomic E-state index is 0.0265. The highest BCUT2D eigenvalue weighted by atomic mass is 16.2. The number of carbonyl (C=O) groups excluding carboxylic acids is 2. The third kappa shape index (κ3) is 2.60. The molecule has 2 fully saturated rings. The highest BCUT2D eigenvalue weighted by molar-refractivity contribution is 5.84. The summed E-state index contributed by atoms with van der Waals surface area (Å²) in [5, 5.41) is 3.32. The average Bonchev–Trinajstić information content (AvgIpc) is 2.86. The molecule has 2 atom stereocenters. The van der Waals surface area contributed by atoms with E-state index in [2.05, 4.69) is 5.32 Å². The Hall–Kier alpha value is -1.10. The number of hydrogen-bond donors (Lipinski definition) is 1. The van der Waals surface area contributed by atoms with Gasteiger partial charge >= 0.3 is 0 Å². The second-order valence-corrected chi connectivity index (χ2v) is 5.15. The predicted molar refractivity (Wildman–Crippen MR) is 64.4 cm³/mol. The van der Waals surface area contributed by atoms with E-state index in [1.165, 1.54) is 4.90 Å². The van der Waals surface area contributed by atoms with Crippen molar-refractivity contribution >= 4 is 11.8 Å². The van der Waals surface area contributed by atoms with Gasteiger partial charge in [0.15, 0.2) is 0 Å². The van der Waals surface area contributed by atoms with Crippen LogP contribution in [0, 0.1) is 5.92 Å². The summed E-state index contributed by atoms with van der Waals surface area (Å²) in [4.78, 5) is 27.0. The van der Waals surface area contributed by atoms with Gasteiger partial charge in [-0.15, -0.1) is 0 Å². The Bertz CT molecular complexity index is 317. The van der Waals surface area contributed by atoms with Crippen molar-refractivity contribution in [2.45, 2.75) is 25.3 Å². The van der Waals surface area contributed by atoms with Crippen molar-refractivity contribution in [3.8, 4) is 0 Å². The fraction of sp³-hybridized carbons (Fsp3) is 0.833. The van der Waals surface area contributed by atoms with E-state index in [1.807, 2.05) is 4.90 Å². The van der Waals surface area contributed by atoms with Gasteiger partial charge in [-0.1, -0.05) is 0 Å². The van der Waals surface area contributed by atoms with Crippen LogP contribution in [0.25, 0.3) is 0 Å². The third-order valence-corrected chi connectivity index (χ3v) is 3.82. The summed E-state index contributed by atoms with van der Waals surface area (Å²) in [6, 6.07) is 0.372. The van der Waals surface area contributed by atoms with Crippen LogP contribution in [0.4, 0.5) is 0 Å². The first-order valence-electron chi connectivity index (χ1n) is 6.30. The van der Waals surface area contributed by atoms with E-state index in [0.29, 0.717) is 24.8 Å². The molecule has 2 rings (SSSR count). The maximum Gasteiger partial charge on any atom is 0.223 e. The van der Waals surface area contributed by atoms with Crippen LogP contribution < -0.4 is 5.32 Å². The molecule has 0 radical (unpaired) electrons. The van der Waals surface area contributed by atoms with Gasteiger partial charge in [0.2, 0.25) is 11.8 Å². The monoisotopic (exact) mass is 239 g/mol. The van der Waals surface area contributed by atoms with Gasteiger partial charge in [0.05, 0.1) is 0 Å². The molecule has 0 aromatic carbocycles. The number of fused-ring (bicyclic) bond motifs is 1. The van der Waals surface area contributed by atoms with Crippen molar-refractivity contribution in [1.82, 2.24) is 15.1 Å². The summed E-state index contributed by atoms with van der Waals surface area (Å²) in [6.45, 7) is 2.81. The Morgan fingerprint density at radius 2 is 2.06 bits per heavy atom. The van der Waals surface area contributed by atoms with E-state index in [1.54, 1.807) is 14.1 Å². The van der Waals surface area contributed by atoms with E-state index in [9.17, 15) is 9.59 Å². The molecule has 0 spiro atoms. The summed E-state index contributed by atoms with van der Waals surface area (Å²) in [6.07, 6.45) is 1.78. The van der Waals surface area contributed by atoms with Crippen molar-refractivity contribution in [3.63, 3.8) is 0 Å². The summed E-state index contributed by atoms with van der Waals surface area (Å²) in [5.41, 5.74) is 0. The SMILES string of the molecule is CN(C)C(=O)CCC(=O)N1CC[C@H]2CNC[C@H]21. The molecule has 0 unspecified atom stereocenters. The Balaban J connectivity index is 1.82. The van der Waals surface area contributed by atoms with Crippen LogP contribution in [-0.4, -0.2) is 61.4 Å². The molecule has 5 heteroatoms. The molecule has 1 N–H and O–H groups in total. The van der Waals surface area contributed by atoms with Gasteiger partial charge in [0.25, 0.3) is 0 Å². The van der Waals surface area contributed by atoms with E-state index in [0.717, 1.165) is 26.1 Å². The first kappa shape index (κ1) is 12.4. The van der Waals surface area contributed by atoms with Gasteiger partial charge in [0, 0.05) is 52.6 Å². The second-order valence-electron chi connectivity index (χ2n) is 5.15. The van der Waals surface area contributed by atoms with Crippen LogP contribution >= 0.6 is 0 Å². The zero-order valence-corrected chi connectivity index (χ0v) is 10.6. The van der Waals surface area contributed by atoms with Gasteiger partial charge in [-0.25, -0.2) is 0 Å². The van der Waals surface area contributed by atoms with Crippen LogP contribution in [0.2, 0.25) is 0 Å².